The van der Waals surface area contributed by atoms with Gasteiger partial charge in [0.05, 0.1) is 0 Å². The predicted octanol–water partition coefficient (Wildman–Crippen LogP) is 4.70. The largest absolute Gasteiger partial charge is 0.489 e. The van der Waals surface area contributed by atoms with E-state index < -0.39 is 0 Å². The van der Waals surface area contributed by atoms with Crippen LogP contribution >= 0.6 is 23.2 Å². The van der Waals surface area contributed by atoms with Gasteiger partial charge in [-0.15, -0.1) is 0 Å². The highest BCUT2D eigenvalue weighted by Crippen LogP contribution is 2.23. The fraction of sp³-hybridized carbons (Fsp3) is 0.333. The van der Waals surface area contributed by atoms with Crippen molar-refractivity contribution < 1.29 is 9.47 Å². The van der Waals surface area contributed by atoms with Crippen LogP contribution in [0.3, 0.4) is 0 Å². The summed E-state index contributed by atoms with van der Waals surface area (Å²) in [5.41, 5.74) is 2.10. The van der Waals surface area contributed by atoms with Gasteiger partial charge in [0, 0.05) is 35.9 Å². The lowest BCUT2D eigenvalue weighted by atomic mass is 10.2. The summed E-state index contributed by atoms with van der Waals surface area (Å²) < 4.78 is 10.8. The molecule has 2 aromatic rings. The lowest BCUT2D eigenvalue weighted by molar-refractivity contribution is 0.194. The van der Waals surface area contributed by atoms with Gasteiger partial charge in [-0.3, -0.25) is 0 Å². The zero-order chi connectivity index (χ0) is 16.5. The lowest BCUT2D eigenvalue weighted by Gasteiger charge is -2.10. The van der Waals surface area contributed by atoms with Gasteiger partial charge in [-0.1, -0.05) is 41.4 Å². The van der Waals surface area contributed by atoms with Crippen molar-refractivity contribution in [2.75, 3.05) is 20.3 Å². The SMILES string of the molecule is COCCCNCc1cccc(OCc2ccc(Cl)cc2Cl)c1. The second-order valence-electron chi connectivity index (χ2n) is 5.19. The molecule has 0 aromatic heterocycles. The van der Waals surface area contributed by atoms with Crippen LogP contribution < -0.4 is 10.1 Å². The molecule has 0 aliphatic carbocycles. The van der Waals surface area contributed by atoms with Crippen LogP contribution in [0.5, 0.6) is 5.75 Å². The molecule has 0 bridgehead atoms. The normalized spacial score (nSPS) is 10.7. The highest BCUT2D eigenvalue weighted by molar-refractivity contribution is 6.35. The Kier molecular flexibility index (Phi) is 7.69. The Balaban J connectivity index is 1.84. The summed E-state index contributed by atoms with van der Waals surface area (Å²) in [4.78, 5) is 0. The van der Waals surface area contributed by atoms with Crippen molar-refractivity contribution in [2.45, 2.75) is 19.6 Å². The molecule has 1 N–H and O–H groups in total. The van der Waals surface area contributed by atoms with E-state index in [9.17, 15) is 0 Å². The smallest absolute Gasteiger partial charge is 0.120 e. The van der Waals surface area contributed by atoms with Gasteiger partial charge in [0.25, 0.3) is 0 Å². The molecule has 3 nitrogen and oxygen atoms in total. The van der Waals surface area contributed by atoms with Crippen LogP contribution in [0.1, 0.15) is 17.5 Å². The first-order valence-corrected chi connectivity index (χ1v) is 8.30. The number of hydrogen-bond donors (Lipinski definition) is 1. The third-order valence-corrected chi connectivity index (χ3v) is 3.93. The topological polar surface area (TPSA) is 30.5 Å². The second-order valence-corrected chi connectivity index (χ2v) is 6.04. The molecule has 0 saturated carbocycles. The Morgan fingerprint density at radius 2 is 1.96 bits per heavy atom. The number of nitrogens with one attached hydrogen (secondary N) is 1. The number of ether oxygens (including phenoxy) is 2. The van der Waals surface area contributed by atoms with E-state index in [0.29, 0.717) is 16.7 Å². The molecule has 0 aliphatic heterocycles. The van der Waals surface area contributed by atoms with E-state index in [-0.39, 0.29) is 0 Å². The summed E-state index contributed by atoms with van der Waals surface area (Å²) in [5.74, 6) is 0.826. The molecule has 5 heteroatoms. The van der Waals surface area contributed by atoms with Crippen molar-refractivity contribution in [1.82, 2.24) is 5.32 Å². The average molecular weight is 354 g/mol. The van der Waals surface area contributed by atoms with Crippen LogP contribution in [-0.2, 0) is 17.9 Å². The Bertz CT molecular complexity index is 620. The summed E-state index contributed by atoms with van der Waals surface area (Å²) in [6.45, 7) is 2.93. The van der Waals surface area contributed by atoms with Gasteiger partial charge >= 0.3 is 0 Å². The van der Waals surface area contributed by atoms with Crippen molar-refractivity contribution in [2.24, 2.45) is 0 Å². The summed E-state index contributed by atoms with van der Waals surface area (Å²) in [6, 6.07) is 13.5. The average Bonchev–Trinajstić information content (AvgIpc) is 2.54. The molecule has 0 unspecified atom stereocenters. The summed E-state index contributed by atoms with van der Waals surface area (Å²) in [5, 5.41) is 4.63. The number of rotatable bonds is 9. The van der Waals surface area contributed by atoms with Crippen LogP contribution in [0.4, 0.5) is 0 Å². The van der Waals surface area contributed by atoms with E-state index in [0.717, 1.165) is 37.4 Å². The highest BCUT2D eigenvalue weighted by atomic mass is 35.5. The molecule has 0 amide bonds. The van der Waals surface area contributed by atoms with E-state index in [2.05, 4.69) is 11.4 Å². The fourth-order valence-electron chi connectivity index (χ4n) is 2.12. The molecule has 0 radical (unpaired) electrons. The number of hydrogen-bond acceptors (Lipinski definition) is 3. The number of methoxy groups -OCH3 is 1. The standard InChI is InChI=1S/C18H21Cl2NO2/c1-22-9-3-8-21-12-14-4-2-5-17(10-14)23-13-15-6-7-16(19)11-18(15)20/h2,4-7,10-11,21H,3,8-9,12-13H2,1H3. The maximum atomic E-state index is 6.15. The van der Waals surface area contributed by atoms with Gasteiger partial charge in [0.15, 0.2) is 0 Å². The van der Waals surface area contributed by atoms with Crippen molar-refractivity contribution >= 4 is 23.2 Å². The summed E-state index contributed by atoms with van der Waals surface area (Å²) in [7, 11) is 1.72. The molecule has 124 valence electrons. The molecule has 0 atom stereocenters. The van der Waals surface area contributed by atoms with Crippen LogP contribution in [0.2, 0.25) is 10.0 Å². The van der Waals surface area contributed by atoms with Crippen molar-refractivity contribution in [3.05, 3.63) is 63.6 Å². The van der Waals surface area contributed by atoms with Gasteiger partial charge in [-0.05, 0) is 42.8 Å². The van der Waals surface area contributed by atoms with Gasteiger partial charge in [0.1, 0.15) is 12.4 Å². The molecule has 2 rings (SSSR count). The van der Waals surface area contributed by atoms with E-state index in [1.54, 1.807) is 13.2 Å². The van der Waals surface area contributed by atoms with Crippen LogP contribution in [-0.4, -0.2) is 20.3 Å². The molecule has 2 aromatic carbocycles. The minimum atomic E-state index is 0.417. The molecule has 23 heavy (non-hydrogen) atoms. The van der Waals surface area contributed by atoms with Crippen LogP contribution in [0.25, 0.3) is 0 Å². The minimum absolute atomic E-state index is 0.417. The number of halogens is 2. The Hall–Kier alpha value is -1.26. The van der Waals surface area contributed by atoms with Gasteiger partial charge in [-0.2, -0.15) is 0 Å². The van der Waals surface area contributed by atoms with Crippen molar-refractivity contribution in [1.29, 1.82) is 0 Å². The van der Waals surface area contributed by atoms with E-state index in [1.165, 1.54) is 5.56 Å². The van der Waals surface area contributed by atoms with E-state index in [1.807, 2.05) is 30.3 Å². The van der Waals surface area contributed by atoms with E-state index in [4.69, 9.17) is 32.7 Å². The van der Waals surface area contributed by atoms with Crippen LogP contribution in [0, 0.1) is 0 Å². The first-order valence-electron chi connectivity index (χ1n) is 7.54. The van der Waals surface area contributed by atoms with Gasteiger partial charge in [-0.25, -0.2) is 0 Å². The summed E-state index contributed by atoms with van der Waals surface area (Å²) in [6.07, 6.45) is 1.00. The monoisotopic (exact) mass is 353 g/mol. The van der Waals surface area contributed by atoms with Crippen molar-refractivity contribution in [3.63, 3.8) is 0 Å². The molecule has 0 fully saturated rings. The highest BCUT2D eigenvalue weighted by Gasteiger charge is 2.03. The second kappa shape index (κ2) is 9.78. The molecule has 0 heterocycles. The third kappa shape index (κ3) is 6.40. The lowest BCUT2D eigenvalue weighted by Crippen LogP contribution is -2.16. The van der Waals surface area contributed by atoms with Gasteiger partial charge in [0.2, 0.25) is 0 Å². The van der Waals surface area contributed by atoms with Crippen LogP contribution in [0.15, 0.2) is 42.5 Å². The maximum absolute atomic E-state index is 6.15. The van der Waals surface area contributed by atoms with Gasteiger partial charge < -0.3 is 14.8 Å². The molecule has 0 saturated heterocycles. The summed E-state index contributed by atoms with van der Waals surface area (Å²) >= 11 is 12.0. The zero-order valence-electron chi connectivity index (χ0n) is 13.1. The van der Waals surface area contributed by atoms with Crippen molar-refractivity contribution in [3.8, 4) is 5.75 Å². The molecular formula is C18H21Cl2NO2. The predicted molar refractivity (Wildman–Crippen MR) is 95.4 cm³/mol. The molecule has 0 spiro atoms. The molecule has 0 aliphatic rings. The first kappa shape index (κ1) is 18.1. The minimum Gasteiger partial charge on any atom is -0.489 e. The maximum Gasteiger partial charge on any atom is 0.120 e. The Labute approximate surface area is 147 Å². The fourth-order valence-corrected chi connectivity index (χ4v) is 2.58. The molecular weight excluding hydrogens is 333 g/mol. The Morgan fingerprint density at radius 1 is 1.09 bits per heavy atom. The first-order chi connectivity index (χ1) is 11.2. The third-order valence-electron chi connectivity index (χ3n) is 3.34. The Morgan fingerprint density at radius 3 is 2.74 bits per heavy atom. The quantitative estimate of drug-likeness (QED) is 0.662. The number of benzene rings is 2. The zero-order valence-corrected chi connectivity index (χ0v) is 14.7. The van der Waals surface area contributed by atoms with E-state index >= 15 is 0 Å².